The van der Waals surface area contributed by atoms with Crippen LogP contribution in [0.4, 0.5) is 0 Å². The van der Waals surface area contributed by atoms with E-state index in [2.05, 4.69) is 11.1 Å². The van der Waals surface area contributed by atoms with E-state index in [4.69, 9.17) is 0 Å². The molecule has 0 saturated carbocycles. The number of hydrogen-bond acceptors (Lipinski definition) is 5. The summed E-state index contributed by atoms with van der Waals surface area (Å²) in [6, 6.07) is 6.09. The van der Waals surface area contributed by atoms with Crippen LogP contribution in [0.1, 0.15) is 33.6 Å². The number of benzene rings is 1. The topological polar surface area (TPSA) is 90.8 Å². The Bertz CT molecular complexity index is 940. The molecule has 2 amide bonds. The molecule has 1 saturated heterocycles. The van der Waals surface area contributed by atoms with Crippen LogP contribution in [0.2, 0.25) is 0 Å². The zero-order chi connectivity index (χ0) is 21.1. The Labute approximate surface area is 174 Å². The van der Waals surface area contributed by atoms with Crippen LogP contribution < -0.4 is 0 Å². The number of thiazole rings is 1. The molecule has 1 aromatic heterocycles. The molecule has 1 fully saturated rings. The molecular weight excluding hydrogens is 390 g/mol. The first-order chi connectivity index (χ1) is 13.8. The Morgan fingerprint density at radius 1 is 1.31 bits per heavy atom. The average Bonchev–Trinajstić information content (AvgIpc) is 3.17. The second-order valence-corrected chi connectivity index (χ2v) is 8.56. The molecule has 1 aliphatic heterocycles. The summed E-state index contributed by atoms with van der Waals surface area (Å²) in [5.74, 6) is -1.91. The van der Waals surface area contributed by atoms with Gasteiger partial charge < -0.3 is 14.9 Å². The fourth-order valence-electron chi connectivity index (χ4n) is 3.52. The molecule has 1 atom stereocenters. The van der Waals surface area contributed by atoms with E-state index in [1.54, 1.807) is 18.1 Å². The van der Waals surface area contributed by atoms with Gasteiger partial charge in [-0.05, 0) is 32.3 Å². The molecule has 3 rings (SSSR count). The summed E-state index contributed by atoms with van der Waals surface area (Å²) in [7, 11) is 1.58. The van der Waals surface area contributed by atoms with Gasteiger partial charge in [0.25, 0.3) is 5.91 Å². The van der Waals surface area contributed by atoms with Gasteiger partial charge in [0.1, 0.15) is 9.88 Å². The lowest BCUT2D eigenvalue weighted by molar-refractivity contribution is -0.145. The van der Waals surface area contributed by atoms with E-state index in [-0.39, 0.29) is 24.9 Å². The molecule has 1 aromatic carbocycles. The van der Waals surface area contributed by atoms with Gasteiger partial charge in [-0.15, -0.1) is 11.3 Å². The summed E-state index contributed by atoms with van der Waals surface area (Å²) in [4.78, 5) is 44.3. The first-order valence-corrected chi connectivity index (χ1v) is 10.4. The summed E-state index contributed by atoms with van der Waals surface area (Å²) >= 11 is 1.30. The molecule has 7 nitrogen and oxygen atoms in total. The number of likely N-dealkylation sites (N-methyl/N-ethyl adjacent to an activating group) is 1. The van der Waals surface area contributed by atoms with E-state index in [0.717, 1.165) is 16.1 Å². The van der Waals surface area contributed by atoms with E-state index < -0.39 is 11.9 Å². The van der Waals surface area contributed by atoms with Crippen molar-refractivity contribution >= 4 is 29.1 Å². The van der Waals surface area contributed by atoms with Crippen LogP contribution in [0.25, 0.3) is 10.6 Å². The number of hydrogen-bond donors (Lipinski definition) is 1. The van der Waals surface area contributed by atoms with Gasteiger partial charge in [-0.25, -0.2) is 4.98 Å². The molecule has 29 heavy (non-hydrogen) atoms. The van der Waals surface area contributed by atoms with Crippen molar-refractivity contribution in [3.05, 3.63) is 40.4 Å². The van der Waals surface area contributed by atoms with Crippen molar-refractivity contribution in [2.75, 3.05) is 26.7 Å². The maximum atomic E-state index is 12.8. The highest BCUT2D eigenvalue weighted by Gasteiger charge is 2.29. The van der Waals surface area contributed by atoms with Gasteiger partial charge in [0.2, 0.25) is 5.91 Å². The van der Waals surface area contributed by atoms with Crippen LogP contribution in [0, 0.1) is 19.8 Å². The lowest BCUT2D eigenvalue weighted by atomic mass is 9.98. The number of nitrogens with zero attached hydrogens (tertiary/aromatic N) is 3. The first-order valence-electron chi connectivity index (χ1n) is 9.55. The van der Waals surface area contributed by atoms with E-state index in [9.17, 15) is 19.5 Å². The Kier molecular flexibility index (Phi) is 6.32. The second-order valence-electron chi connectivity index (χ2n) is 7.53. The maximum Gasteiger partial charge on any atom is 0.308 e. The highest BCUT2D eigenvalue weighted by Crippen LogP contribution is 2.29. The molecular formula is C21H25N3O4S. The first kappa shape index (κ1) is 21.0. The van der Waals surface area contributed by atoms with Gasteiger partial charge in [0, 0.05) is 25.7 Å². The minimum Gasteiger partial charge on any atom is -0.481 e. The Morgan fingerprint density at radius 2 is 2.07 bits per heavy atom. The Balaban J connectivity index is 1.65. The fourth-order valence-corrected chi connectivity index (χ4v) is 4.52. The van der Waals surface area contributed by atoms with Gasteiger partial charge in [0.05, 0.1) is 18.7 Å². The van der Waals surface area contributed by atoms with Gasteiger partial charge in [-0.1, -0.05) is 23.8 Å². The molecule has 1 aliphatic rings. The zero-order valence-electron chi connectivity index (χ0n) is 16.8. The van der Waals surface area contributed by atoms with E-state index >= 15 is 0 Å². The van der Waals surface area contributed by atoms with Crippen LogP contribution in [0.3, 0.4) is 0 Å². The van der Waals surface area contributed by atoms with Crippen molar-refractivity contribution in [1.82, 2.24) is 14.8 Å². The summed E-state index contributed by atoms with van der Waals surface area (Å²) in [6.07, 6.45) is 2.79. The SMILES string of the molecule is Cc1ccc(-c2ncc(C(=O)N(C)CC(=O)N3CCCC(C(=O)O)C3)s2)c(C)c1. The molecule has 8 heteroatoms. The maximum absolute atomic E-state index is 12.8. The molecule has 0 aliphatic carbocycles. The highest BCUT2D eigenvalue weighted by atomic mass is 32.1. The van der Waals surface area contributed by atoms with Crippen LogP contribution >= 0.6 is 11.3 Å². The van der Waals surface area contributed by atoms with Crippen molar-refractivity contribution in [2.24, 2.45) is 5.92 Å². The van der Waals surface area contributed by atoms with E-state index in [1.165, 1.54) is 21.8 Å². The van der Waals surface area contributed by atoms with Gasteiger partial charge in [0.15, 0.2) is 0 Å². The van der Waals surface area contributed by atoms with E-state index in [1.807, 2.05) is 26.0 Å². The van der Waals surface area contributed by atoms with Crippen LogP contribution in [0.5, 0.6) is 0 Å². The number of carboxylic acid groups (broad SMARTS) is 1. The third-order valence-corrected chi connectivity index (χ3v) is 6.19. The summed E-state index contributed by atoms with van der Waals surface area (Å²) in [5, 5.41) is 9.95. The van der Waals surface area contributed by atoms with Gasteiger partial charge in [-0.3, -0.25) is 14.4 Å². The number of rotatable bonds is 5. The number of amides is 2. The lowest BCUT2D eigenvalue weighted by Gasteiger charge is -2.31. The summed E-state index contributed by atoms with van der Waals surface area (Å²) in [6.45, 7) is 4.69. The zero-order valence-corrected chi connectivity index (χ0v) is 17.7. The number of piperidine rings is 1. The quantitative estimate of drug-likeness (QED) is 0.811. The average molecular weight is 416 g/mol. The van der Waals surface area contributed by atoms with Crippen LogP contribution in [-0.4, -0.2) is 64.4 Å². The minimum absolute atomic E-state index is 0.0814. The van der Waals surface area contributed by atoms with Crippen LogP contribution in [-0.2, 0) is 9.59 Å². The fraction of sp³-hybridized carbons (Fsp3) is 0.429. The highest BCUT2D eigenvalue weighted by molar-refractivity contribution is 7.16. The van der Waals surface area contributed by atoms with Gasteiger partial charge >= 0.3 is 5.97 Å². The number of aryl methyl sites for hydroxylation is 2. The number of aromatic nitrogens is 1. The number of likely N-dealkylation sites (tertiary alicyclic amines) is 1. The third kappa shape index (κ3) is 4.82. The normalized spacial score (nSPS) is 16.5. The molecule has 0 bridgehead atoms. The Hall–Kier alpha value is -2.74. The molecule has 2 aromatic rings. The van der Waals surface area contributed by atoms with Crippen LogP contribution in [0.15, 0.2) is 24.4 Å². The minimum atomic E-state index is -0.879. The molecule has 0 radical (unpaired) electrons. The summed E-state index contributed by atoms with van der Waals surface area (Å²) < 4.78 is 0. The standard InChI is InChI=1S/C21H25N3O4S/c1-13-6-7-16(14(2)9-13)19-22-10-17(29-19)20(26)23(3)12-18(25)24-8-4-5-15(11-24)21(27)28/h6-7,9-10,15H,4-5,8,11-12H2,1-3H3,(H,27,28). The van der Waals surface area contributed by atoms with Crippen molar-refractivity contribution in [3.8, 4) is 10.6 Å². The van der Waals surface area contributed by atoms with Crippen molar-refractivity contribution in [1.29, 1.82) is 0 Å². The number of carbonyl (C=O) groups is 3. The third-order valence-electron chi connectivity index (χ3n) is 5.17. The predicted octanol–water partition coefficient (Wildman–Crippen LogP) is 2.82. The number of carboxylic acids is 1. The van der Waals surface area contributed by atoms with Crippen molar-refractivity contribution in [2.45, 2.75) is 26.7 Å². The van der Waals surface area contributed by atoms with Crippen molar-refractivity contribution < 1.29 is 19.5 Å². The molecule has 0 spiro atoms. The number of carbonyl (C=O) groups excluding carboxylic acids is 2. The smallest absolute Gasteiger partial charge is 0.308 e. The monoisotopic (exact) mass is 415 g/mol. The Morgan fingerprint density at radius 3 is 2.76 bits per heavy atom. The molecule has 1 N–H and O–H groups in total. The van der Waals surface area contributed by atoms with Crippen molar-refractivity contribution in [3.63, 3.8) is 0 Å². The molecule has 2 heterocycles. The predicted molar refractivity (Wildman–Crippen MR) is 111 cm³/mol. The van der Waals surface area contributed by atoms with E-state index in [0.29, 0.717) is 24.3 Å². The molecule has 1 unspecified atom stereocenters. The lowest BCUT2D eigenvalue weighted by Crippen LogP contribution is -2.46. The van der Waals surface area contributed by atoms with Gasteiger partial charge in [-0.2, -0.15) is 0 Å². The largest absolute Gasteiger partial charge is 0.481 e. The second kappa shape index (κ2) is 8.73. The molecule has 154 valence electrons. The number of aliphatic carboxylic acids is 1. The summed E-state index contributed by atoms with van der Waals surface area (Å²) in [5.41, 5.74) is 3.26.